The van der Waals surface area contributed by atoms with Crippen LogP contribution in [0.3, 0.4) is 0 Å². The zero-order valence-electron chi connectivity index (χ0n) is 8.71. The van der Waals surface area contributed by atoms with Gasteiger partial charge in [-0.2, -0.15) is 11.8 Å². The average molecular weight is 190 g/mol. The van der Waals surface area contributed by atoms with Crippen LogP contribution in [-0.2, 0) is 0 Å². The van der Waals surface area contributed by atoms with Crippen molar-refractivity contribution in [3.8, 4) is 0 Å². The third kappa shape index (κ3) is 5.04. The van der Waals surface area contributed by atoms with Gasteiger partial charge in [-0.15, -0.1) is 0 Å². The summed E-state index contributed by atoms with van der Waals surface area (Å²) in [5.74, 6) is 1.34. The van der Waals surface area contributed by atoms with Gasteiger partial charge in [0.15, 0.2) is 0 Å². The van der Waals surface area contributed by atoms with E-state index < -0.39 is 0 Å². The Balaban J connectivity index is 3.49. The van der Waals surface area contributed by atoms with Crippen molar-refractivity contribution in [1.29, 1.82) is 0 Å². The normalized spacial score (nSPS) is 18.8. The van der Waals surface area contributed by atoms with E-state index in [4.69, 9.17) is 0 Å². The summed E-state index contributed by atoms with van der Waals surface area (Å²) < 4.78 is 0. The van der Waals surface area contributed by atoms with Gasteiger partial charge in [0.2, 0.25) is 0 Å². The van der Waals surface area contributed by atoms with Gasteiger partial charge in [0.05, 0.1) is 6.10 Å². The van der Waals surface area contributed by atoms with Gasteiger partial charge in [-0.1, -0.05) is 34.1 Å². The van der Waals surface area contributed by atoms with E-state index in [-0.39, 0.29) is 6.10 Å². The topological polar surface area (TPSA) is 20.2 Å². The minimum atomic E-state index is -0.117. The molecule has 1 nitrogen and oxygen atoms in total. The summed E-state index contributed by atoms with van der Waals surface area (Å²) in [4.78, 5) is 0. The van der Waals surface area contributed by atoms with E-state index in [0.717, 1.165) is 12.2 Å². The molecule has 3 unspecified atom stereocenters. The van der Waals surface area contributed by atoms with Crippen molar-refractivity contribution in [2.24, 2.45) is 5.92 Å². The minimum absolute atomic E-state index is 0.117. The van der Waals surface area contributed by atoms with Crippen LogP contribution in [0.2, 0.25) is 0 Å². The molecular weight excluding hydrogens is 168 g/mol. The van der Waals surface area contributed by atoms with E-state index in [0.29, 0.717) is 11.2 Å². The maximum Gasteiger partial charge on any atom is 0.0656 e. The standard InChI is InChI=1S/C10H22OS/c1-5-8(3)10(11)7-12-9(4)6-2/h8-11H,5-7H2,1-4H3. The molecule has 0 aliphatic heterocycles. The van der Waals surface area contributed by atoms with Crippen LogP contribution in [0.5, 0.6) is 0 Å². The second-order valence-corrected chi connectivity index (χ2v) is 4.98. The SMILES string of the molecule is CCC(C)SCC(O)C(C)CC. The monoisotopic (exact) mass is 190 g/mol. The van der Waals surface area contributed by atoms with Crippen molar-refractivity contribution >= 4 is 11.8 Å². The van der Waals surface area contributed by atoms with Crippen LogP contribution in [0.1, 0.15) is 40.5 Å². The number of aliphatic hydroxyl groups is 1. The Morgan fingerprint density at radius 3 is 2.17 bits per heavy atom. The lowest BCUT2D eigenvalue weighted by Gasteiger charge is -2.18. The van der Waals surface area contributed by atoms with Crippen molar-refractivity contribution in [2.45, 2.75) is 51.9 Å². The highest BCUT2D eigenvalue weighted by Gasteiger charge is 2.12. The van der Waals surface area contributed by atoms with Gasteiger partial charge in [0.1, 0.15) is 0 Å². The molecule has 0 amide bonds. The van der Waals surface area contributed by atoms with Gasteiger partial charge < -0.3 is 5.11 Å². The molecule has 12 heavy (non-hydrogen) atoms. The molecule has 0 spiro atoms. The largest absolute Gasteiger partial charge is 0.392 e. The van der Waals surface area contributed by atoms with Gasteiger partial charge >= 0.3 is 0 Å². The Morgan fingerprint density at radius 2 is 1.75 bits per heavy atom. The van der Waals surface area contributed by atoms with Crippen molar-refractivity contribution in [3.05, 3.63) is 0 Å². The summed E-state index contributed by atoms with van der Waals surface area (Å²) >= 11 is 1.88. The van der Waals surface area contributed by atoms with Crippen LogP contribution in [0.4, 0.5) is 0 Å². The number of thioether (sulfide) groups is 1. The Kier molecular flexibility index (Phi) is 6.96. The lowest BCUT2D eigenvalue weighted by Crippen LogP contribution is -2.20. The molecule has 0 radical (unpaired) electrons. The van der Waals surface area contributed by atoms with Gasteiger partial charge in [-0.3, -0.25) is 0 Å². The Labute approximate surface area is 80.9 Å². The van der Waals surface area contributed by atoms with Crippen molar-refractivity contribution in [3.63, 3.8) is 0 Å². The third-order valence-electron chi connectivity index (χ3n) is 2.43. The molecule has 1 N–H and O–H groups in total. The summed E-state index contributed by atoms with van der Waals surface area (Å²) in [6, 6.07) is 0. The number of hydrogen-bond acceptors (Lipinski definition) is 2. The fourth-order valence-corrected chi connectivity index (χ4v) is 1.91. The van der Waals surface area contributed by atoms with Crippen LogP contribution in [-0.4, -0.2) is 22.2 Å². The Bertz CT molecular complexity index is 106. The predicted octanol–water partition coefficient (Wildman–Crippen LogP) is 2.93. The molecule has 2 heteroatoms. The minimum Gasteiger partial charge on any atom is -0.392 e. The molecule has 0 bridgehead atoms. The Hall–Kier alpha value is 0.310. The van der Waals surface area contributed by atoms with Crippen molar-refractivity contribution < 1.29 is 5.11 Å². The van der Waals surface area contributed by atoms with E-state index in [9.17, 15) is 5.11 Å². The van der Waals surface area contributed by atoms with Crippen molar-refractivity contribution in [2.75, 3.05) is 5.75 Å². The second-order valence-electron chi connectivity index (χ2n) is 3.51. The van der Waals surface area contributed by atoms with Crippen LogP contribution in [0.15, 0.2) is 0 Å². The van der Waals surface area contributed by atoms with Gasteiger partial charge in [0.25, 0.3) is 0 Å². The summed E-state index contributed by atoms with van der Waals surface area (Å²) in [5.41, 5.74) is 0. The van der Waals surface area contributed by atoms with E-state index in [1.165, 1.54) is 6.42 Å². The molecule has 0 aromatic carbocycles. The molecule has 0 aromatic heterocycles. The van der Waals surface area contributed by atoms with Crippen LogP contribution >= 0.6 is 11.8 Å². The van der Waals surface area contributed by atoms with Crippen LogP contribution < -0.4 is 0 Å². The first kappa shape index (κ1) is 12.3. The first-order valence-corrected chi connectivity index (χ1v) is 5.96. The van der Waals surface area contributed by atoms with Gasteiger partial charge in [-0.05, 0) is 12.3 Å². The molecule has 0 heterocycles. The van der Waals surface area contributed by atoms with Gasteiger partial charge in [0, 0.05) is 11.0 Å². The summed E-state index contributed by atoms with van der Waals surface area (Å²) in [5, 5.41) is 10.3. The van der Waals surface area contributed by atoms with E-state index >= 15 is 0 Å². The zero-order valence-corrected chi connectivity index (χ0v) is 9.53. The van der Waals surface area contributed by atoms with Crippen molar-refractivity contribution in [1.82, 2.24) is 0 Å². The molecule has 74 valence electrons. The van der Waals surface area contributed by atoms with Crippen LogP contribution in [0, 0.1) is 5.92 Å². The molecule has 0 saturated heterocycles. The average Bonchev–Trinajstić information content (AvgIpc) is 2.11. The highest BCUT2D eigenvalue weighted by Crippen LogP contribution is 2.18. The maximum atomic E-state index is 9.64. The predicted molar refractivity (Wildman–Crippen MR) is 57.7 cm³/mol. The third-order valence-corrected chi connectivity index (χ3v) is 3.86. The fourth-order valence-electron chi connectivity index (χ4n) is 0.817. The zero-order chi connectivity index (χ0) is 9.56. The molecule has 0 aliphatic rings. The summed E-state index contributed by atoms with van der Waals surface area (Å²) in [7, 11) is 0. The molecule has 0 aromatic rings. The molecule has 0 saturated carbocycles. The quantitative estimate of drug-likeness (QED) is 0.695. The summed E-state index contributed by atoms with van der Waals surface area (Å²) in [6.45, 7) is 8.64. The maximum absolute atomic E-state index is 9.64. The smallest absolute Gasteiger partial charge is 0.0656 e. The first-order valence-electron chi connectivity index (χ1n) is 4.91. The highest BCUT2D eigenvalue weighted by atomic mass is 32.2. The lowest BCUT2D eigenvalue weighted by atomic mass is 10.0. The molecular formula is C10H22OS. The van der Waals surface area contributed by atoms with E-state index in [2.05, 4.69) is 27.7 Å². The summed E-state index contributed by atoms with van der Waals surface area (Å²) in [6.07, 6.45) is 2.15. The first-order chi connectivity index (χ1) is 5.61. The number of hydrogen-bond donors (Lipinski definition) is 1. The highest BCUT2D eigenvalue weighted by molar-refractivity contribution is 7.99. The molecule has 0 aliphatic carbocycles. The number of aliphatic hydroxyl groups excluding tert-OH is 1. The molecule has 0 rings (SSSR count). The second kappa shape index (κ2) is 6.79. The lowest BCUT2D eigenvalue weighted by molar-refractivity contribution is 0.137. The van der Waals surface area contributed by atoms with Crippen LogP contribution in [0.25, 0.3) is 0 Å². The van der Waals surface area contributed by atoms with Gasteiger partial charge in [-0.25, -0.2) is 0 Å². The Morgan fingerprint density at radius 1 is 1.17 bits per heavy atom. The molecule has 3 atom stereocenters. The van der Waals surface area contributed by atoms with E-state index in [1.54, 1.807) is 0 Å². The number of rotatable bonds is 6. The fraction of sp³-hybridized carbons (Fsp3) is 1.00. The van der Waals surface area contributed by atoms with E-state index in [1.807, 2.05) is 11.8 Å². The molecule has 0 fully saturated rings.